The first kappa shape index (κ1) is 19.9. The lowest BCUT2D eigenvalue weighted by Gasteiger charge is -2.22. The fourth-order valence-corrected chi connectivity index (χ4v) is 4.36. The maximum Gasteiger partial charge on any atom is 0.297 e. The largest absolute Gasteiger partial charge is 0.484 e. The summed E-state index contributed by atoms with van der Waals surface area (Å²) >= 11 is 1.23. The molecule has 2 amide bonds. The van der Waals surface area contributed by atoms with Gasteiger partial charge in [-0.05, 0) is 35.9 Å². The molecule has 2 aromatic heterocycles. The van der Waals surface area contributed by atoms with Crippen LogP contribution in [0, 0.1) is 5.82 Å². The van der Waals surface area contributed by atoms with Crippen molar-refractivity contribution < 1.29 is 23.1 Å². The van der Waals surface area contributed by atoms with E-state index in [0.29, 0.717) is 16.4 Å². The first-order chi connectivity index (χ1) is 15.4. The predicted octanol–water partition coefficient (Wildman–Crippen LogP) is 3.00. The van der Waals surface area contributed by atoms with Gasteiger partial charge in [-0.1, -0.05) is 12.1 Å². The number of anilines is 1. The average molecular weight is 451 g/mol. The van der Waals surface area contributed by atoms with Crippen LogP contribution in [0.3, 0.4) is 0 Å². The second kappa shape index (κ2) is 7.57. The van der Waals surface area contributed by atoms with Crippen molar-refractivity contribution in [2.24, 2.45) is 5.73 Å². The molecule has 2 aromatic carbocycles. The smallest absolute Gasteiger partial charge is 0.297 e. The number of nitrogens with zero attached hydrogens (tertiary/aromatic N) is 2. The molecular formula is C22H14FN3O5S. The molecule has 1 unspecified atom stereocenters. The number of halogens is 1. The van der Waals surface area contributed by atoms with E-state index in [0.717, 1.165) is 12.1 Å². The Morgan fingerprint density at radius 1 is 1.22 bits per heavy atom. The van der Waals surface area contributed by atoms with E-state index >= 15 is 0 Å². The van der Waals surface area contributed by atoms with E-state index in [1.165, 1.54) is 22.3 Å². The normalized spacial score (nSPS) is 15.2. The first-order valence-corrected chi connectivity index (χ1v) is 10.3. The summed E-state index contributed by atoms with van der Waals surface area (Å²) < 4.78 is 24.9. The minimum Gasteiger partial charge on any atom is -0.484 e. The van der Waals surface area contributed by atoms with Gasteiger partial charge in [-0.3, -0.25) is 19.3 Å². The van der Waals surface area contributed by atoms with Gasteiger partial charge in [0.25, 0.3) is 11.8 Å². The van der Waals surface area contributed by atoms with Crippen molar-refractivity contribution in [3.8, 4) is 5.75 Å². The molecule has 160 valence electrons. The third-order valence-corrected chi connectivity index (χ3v) is 5.81. The van der Waals surface area contributed by atoms with Gasteiger partial charge in [-0.15, -0.1) is 11.3 Å². The van der Waals surface area contributed by atoms with Crippen LogP contribution in [0.5, 0.6) is 5.75 Å². The SMILES string of the molecule is NC(=O)COc1ccc(C2c3c(oc4ccc(F)cc4c3=O)C(=O)N2c2nccs2)cc1. The van der Waals surface area contributed by atoms with Crippen LogP contribution < -0.4 is 20.8 Å². The number of carbonyl (C=O) groups is 2. The van der Waals surface area contributed by atoms with Gasteiger partial charge >= 0.3 is 0 Å². The highest BCUT2D eigenvalue weighted by Crippen LogP contribution is 2.42. The third-order valence-electron chi connectivity index (χ3n) is 5.03. The highest BCUT2D eigenvalue weighted by molar-refractivity contribution is 7.13. The van der Waals surface area contributed by atoms with Gasteiger partial charge in [0.05, 0.1) is 17.0 Å². The molecule has 32 heavy (non-hydrogen) atoms. The Labute approximate surface area is 183 Å². The number of benzene rings is 2. The molecule has 0 aliphatic carbocycles. The molecule has 3 heterocycles. The summed E-state index contributed by atoms with van der Waals surface area (Å²) in [5, 5.41) is 2.14. The van der Waals surface area contributed by atoms with Gasteiger partial charge in [0.15, 0.2) is 17.2 Å². The topological polar surface area (TPSA) is 116 Å². The Morgan fingerprint density at radius 3 is 2.69 bits per heavy atom. The molecule has 10 heteroatoms. The van der Waals surface area contributed by atoms with Crippen molar-refractivity contribution in [1.29, 1.82) is 0 Å². The molecule has 0 fully saturated rings. The minimum atomic E-state index is -0.835. The van der Waals surface area contributed by atoms with E-state index in [2.05, 4.69) is 4.98 Å². The number of aromatic nitrogens is 1. The van der Waals surface area contributed by atoms with Crippen LogP contribution in [0.15, 0.2) is 63.3 Å². The molecule has 0 radical (unpaired) electrons. The number of nitrogens with two attached hydrogens (primary N) is 1. The average Bonchev–Trinajstić information content (AvgIpc) is 3.40. The lowest BCUT2D eigenvalue weighted by Crippen LogP contribution is -2.29. The molecule has 8 nitrogen and oxygen atoms in total. The molecule has 0 bridgehead atoms. The zero-order chi connectivity index (χ0) is 22.4. The van der Waals surface area contributed by atoms with Gasteiger partial charge in [-0.25, -0.2) is 9.37 Å². The second-order valence-electron chi connectivity index (χ2n) is 7.03. The van der Waals surface area contributed by atoms with Crippen molar-refractivity contribution in [2.75, 3.05) is 11.5 Å². The third kappa shape index (κ3) is 3.21. The zero-order valence-electron chi connectivity index (χ0n) is 16.3. The van der Waals surface area contributed by atoms with E-state index < -0.39 is 29.1 Å². The van der Waals surface area contributed by atoms with Crippen LogP contribution in [-0.2, 0) is 4.79 Å². The highest BCUT2D eigenvalue weighted by atomic mass is 32.1. The summed E-state index contributed by atoms with van der Waals surface area (Å²) in [6.45, 7) is -0.281. The molecule has 4 aromatic rings. The van der Waals surface area contributed by atoms with E-state index in [9.17, 15) is 18.8 Å². The molecule has 5 rings (SSSR count). The minimum absolute atomic E-state index is 0.0453. The zero-order valence-corrected chi connectivity index (χ0v) is 17.1. The predicted molar refractivity (Wildman–Crippen MR) is 114 cm³/mol. The quantitative estimate of drug-likeness (QED) is 0.499. The monoisotopic (exact) mass is 451 g/mol. The van der Waals surface area contributed by atoms with Gasteiger partial charge in [0.2, 0.25) is 5.76 Å². The van der Waals surface area contributed by atoms with Crippen LogP contribution >= 0.6 is 11.3 Å². The number of carbonyl (C=O) groups excluding carboxylic acids is 2. The fourth-order valence-electron chi connectivity index (χ4n) is 3.69. The van der Waals surface area contributed by atoms with Crippen LogP contribution in [-0.4, -0.2) is 23.4 Å². The lowest BCUT2D eigenvalue weighted by atomic mass is 9.98. The summed E-state index contributed by atoms with van der Waals surface area (Å²) in [5.74, 6) is -1.43. The van der Waals surface area contributed by atoms with Crippen LogP contribution in [0.4, 0.5) is 9.52 Å². The Balaban J connectivity index is 1.68. The molecule has 0 saturated carbocycles. The number of fused-ring (bicyclic) bond motifs is 2. The number of thiazole rings is 1. The summed E-state index contributed by atoms with van der Waals surface area (Å²) in [7, 11) is 0. The van der Waals surface area contributed by atoms with E-state index in [1.54, 1.807) is 35.8 Å². The molecule has 1 aliphatic heterocycles. The fraction of sp³-hybridized carbons (Fsp3) is 0.0909. The Bertz CT molecular complexity index is 1420. The molecule has 1 aliphatic rings. The maximum absolute atomic E-state index is 13.8. The van der Waals surface area contributed by atoms with Crippen molar-refractivity contribution in [2.45, 2.75) is 6.04 Å². The summed E-state index contributed by atoms with van der Waals surface area (Å²) in [6, 6.07) is 9.28. The van der Waals surface area contributed by atoms with Gasteiger partial charge in [-0.2, -0.15) is 0 Å². The van der Waals surface area contributed by atoms with Crippen LogP contribution in [0.2, 0.25) is 0 Å². The van der Waals surface area contributed by atoms with Gasteiger partial charge in [0.1, 0.15) is 17.1 Å². The number of hydrogen-bond acceptors (Lipinski definition) is 7. The Morgan fingerprint density at radius 2 is 2.00 bits per heavy atom. The first-order valence-electron chi connectivity index (χ1n) is 9.44. The lowest BCUT2D eigenvalue weighted by molar-refractivity contribution is -0.119. The highest BCUT2D eigenvalue weighted by Gasteiger charge is 2.44. The van der Waals surface area contributed by atoms with Crippen LogP contribution in [0.1, 0.15) is 27.7 Å². The number of rotatable bonds is 5. The molecule has 2 N–H and O–H groups in total. The van der Waals surface area contributed by atoms with Crippen molar-refractivity contribution in [3.05, 3.63) is 87.0 Å². The Hall–Kier alpha value is -4.05. The number of amides is 2. The van der Waals surface area contributed by atoms with Crippen molar-refractivity contribution >= 4 is 39.3 Å². The summed E-state index contributed by atoms with van der Waals surface area (Å²) in [6.07, 6.45) is 1.55. The van der Waals surface area contributed by atoms with E-state index in [4.69, 9.17) is 14.9 Å². The molecule has 0 spiro atoms. The van der Waals surface area contributed by atoms with E-state index in [-0.39, 0.29) is 28.9 Å². The molecule has 0 saturated heterocycles. The van der Waals surface area contributed by atoms with Crippen LogP contribution in [0.25, 0.3) is 11.0 Å². The maximum atomic E-state index is 13.8. The number of ether oxygens (including phenoxy) is 1. The molecule has 1 atom stereocenters. The van der Waals surface area contributed by atoms with Gasteiger partial charge in [0, 0.05) is 11.6 Å². The van der Waals surface area contributed by atoms with E-state index in [1.807, 2.05) is 0 Å². The Kier molecular flexibility index (Phi) is 4.71. The van der Waals surface area contributed by atoms with Gasteiger partial charge < -0.3 is 14.9 Å². The molecular weight excluding hydrogens is 437 g/mol. The summed E-state index contributed by atoms with van der Waals surface area (Å²) in [4.78, 5) is 43.2. The van der Waals surface area contributed by atoms with Crippen molar-refractivity contribution in [3.63, 3.8) is 0 Å². The second-order valence-corrected chi connectivity index (χ2v) is 7.90. The number of primary amides is 1. The summed E-state index contributed by atoms with van der Waals surface area (Å²) in [5.41, 5.74) is 5.42. The van der Waals surface area contributed by atoms with Crippen molar-refractivity contribution in [1.82, 2.24) is 4.98 Å². The number of hydrogen-bond donors (Lipinski definition) is 1. The standard InChI is InChI=1S/C22H14FN3O5S/c23-12-3-6-15-14(9-12)19(28)17-18(11-1-4-13(5-2-11)30-10-16(24)27)26(21(29)20(17)31-15)22-25-7-8-32-22/h1-9,18H,10H2,(H2,24,27).